The smallest absolute Gasteiger partial charge is 0.326 e. The summed E-state index contributed by atoms with van der Waals surface area (Å²) in [4.78, 5) is 51.7. The van der Waals surface area contributed by atoms with Gasteiger partial charge in [-0.1, -0.05) is 20.3 Å². The number of nitrogens with one attached hydrogen (secondary N) is 3. The minimum absolute atomic E-state index is 0.0510. The van der Waals surface area contributed by atoms with Gasteiger partial charge < -0.3 is 38.3 Å². The second-order valence-corrected chi connectivity index (χ2v) is 7.22. The van der Waals surface area contributed by atoms with E-state index in [9.17, 15) is 24.3 Å². The van der Waals surface area contributed by atoms with Crippen LogP contribution in [0.1, 0.15) is 47.0 Å². The number of carboxylic acid groups (broad SMARTS) is 1. The van der Waals surface area contributed by atoms with Crippen molar-refractivity contribution in [2.24, 2.45) is 28.1 Å². The van der Waals surface area contributed by atoms with Gasteiger partial charge in [0.2, 0.25) is 17.7 Å². The molecule has 0 rings (SSSR count). The van der Waals surface area contributed by atoms with Crippen molar-refractivity contribution in [3.05, 3.63) is 0 Å². The first-order chi connectivity index (χ1) is 13.9. The van der Waals surface area contributed by atoms with Crippen molar-refractivity contribution >= 4 is 29.7 Å². The van der Waals surface area contributed by atoms with Crippen LogP contribution in [0.4, 0.5) is 0 Å². The molecule has 0 aliphatic carbocycles. The highest BCUT2D eigenvalue weighted by molar-refractivity contribution is 5.93. The molecule has 0 aliphatic rings. The number of carboxylic acids is 1. The molecular formula is C18H35N7O5. The number of nitrogens with two attached hydrogens (primary N) is 3. The Morgan fingerprint density at radius 1 is 0.933 bits per heavy atom. The van der Waals surface area contributed by atoms with E-state index in [-0.39, 0.29) is 24.8 Å². The van der Waals surface area contributed by atoms with Gasteiger partial charge in [0.05, 0.1) is 6.04 Å². The first-order valence-electron chi connectivity index (χ1n) is 9.85. The molecule has 0 heterocycles. The van der Waals surface area contributed by atoms with Crippen LogP contribution in [-0.2, 0) is 19.2 Å². The summed E-state index contributed by atoms with van der Waals surface area (Å²) in [6, 6.07) is -3.84. The molecule has 0 bridgehead atoms. The summed E-state index contributed by atoms with van der Waals surface area (Å²) in [5, 5.41) is 16.6. The van der Waals surface area contributed by atoms with E-state index < -0.39 is 47.9 Å². The maximum absolute atomic E-state index is 12.3. The number of carbonyl (C=O) groups excluding carboxylic acids is 3. The Balaban J connectivity index is 4.66. The monoisotopic (exact) mass is 429 g/mol. The van der Waals surface area contributed by atoms with Gasteiger partial charge in [-0.15, -0.1) is 0 Å². The fraction of sp³-hybridized carbons (Fsp3) is 0.722. The third kappa shape index (κ3) is 10.0. The summed E-state index contributed by atoms with van der Waals surface area (Å²) in [6.07, 6.45) is 1.16. The quantitative estimate of drug-likeness (QED) is 0.0983. The lowest BCUT2D eigenvalue weighted by atomic mass is 9.99. The number of carbonyl (C=O) groups is 4. The van der Waals surface area contributed by atoms with Gasteiger partial charge in [-0.05, 0) is 32.6 Å². The van der Waals surface area contributed by atoms with Gasteiger partial charge in [0.15, 0.2) is 5.96 Å². The molecule has 0 aliphatic heterocycles. The SMILES string of the molecule is CCC(C)C(N)C(=O)NC(C)C(=O)NC(C)C(=O)NC(CCCN=C(N)N)C(=O)O. The average molecular weight is 430 g/mol. The highest BCUT2D eigenvalue weighted by Gasteiger charge is 2.27. The molecule has 5 atom stereocenters. The van der Waals surface area contributed by atoms with E-state index in [4.69, 9.17) is 17.2 Å². The van der Waals surface area contributed by atoms with E-state index in [1.165, 1.54) is 13.8 Å². The maximum atomic E-state index is 12.3. The van der Waals surface area contributed by atoms with Gasteiger partial charge in [0.25, 0.3) is 0 Å². The fourth-order valence-electron chi connectivity index (χ4n) is 2.35. The van der Waals surface area contributed by atoms with Crippen LogP contribution in [0.2, 0.25) is 0 Å². The van der Waals surface area contributed by atoms with Crippen LogP contribution >= 0.6 is 0 Å². The highest BCUT2D eigenvalue weighted by Crippen LogP contribution is 2.05. The zero-order chi connectivity index (χ0) is 23.4. The fourth-order valence-corrected chi connectivity index (χ4v) is 2.35. The van der Waals surface area contributed by atoms with E-state index in [1.54, 1.807) is 0 Å². The lowest BCUT2D eigenvalue weighted by Crippen LogP contribution is -2.56. The maximum Gasteiger partial charge on any atom is 0.326 e. The zero-order valence-electron chi connectivity index (χ0n) is 18.0. The van der Waals surface area contributed by atoms with Crippen molar-refractivity contribution in [3.63, 3.8) is 0 Å². The van der Waals surface area contributed by atoms with Crippen molar-refractivity contribution in [1.29, 1.82) is 0 Å². The molecule has 0 aromatic rings. The van der Waals surface area contributed by atoms with Crippen LogP contribution in [0.25, 0.3) is 0 Å². The summed E-state index contributed by atoms with van der Waals surface area (Å²) < 4.78 is 0. The van der Waals surface area contributed by atoms with Crippen LogP contribution in [0.5, 0.6) is 0 Å². The van der Waals surface area contributed by atoms with Crippen molar-refractivity contribution in [3.8, 4) is 0 Å². The molecular weight excluding hydrogens is 394 g/mol. The van der Waals surface area contributed by atoms with Gasteiger partial charge in [-0.3, -0.25) is 19.4 Å². The summed E-state index contributed by atoms with van der Waals surface area (Å²) in [5.41, 5.74) is 16.2. The minimum Gasteiger partial charge on any atom is -0.480 e. The lowest BCUT2D eigenvalue weighted by molar-refractivity contribution is -0.142. The normalized spacial score (nSPS) is 15.6. The topological polar surface area (TPSA) is 215 Å². The summed E-state index contributed by atoms with van der Waals surface area (Å²) >= 11 is 0. The second kappa shape index (κ2) is 13.4. The third-order valence-corrected chi connectivity index (χ3v) is 4.62. The summed E-state index contributed by atoms with van der Waals surface area (Å²) in [5.74, 6) is -3.10. The molecule has 0 fully saturated rings. The van der Waals surface area contributed by atoms with Crippen LogP contribution in [-0.4, -0.2) is 65.5 Å². The molecule has 12 nitrogen and oxygen atoms in total. The summed E-state index contributed by atoms with van der Waals surface area (Å²) in [7, 11) is 0. The number of amides is 3. The van der Waals surface area contributed by atoms with Gasteiger partial charge in [-0.2, -0.15) is 0 Å². The van der Waals surface area contributed by atoms with Crippen LogP contribution < -0.4 is 33.2 Å². The first kappa shape index (κ1) is 27.1. The Morgan fingerprint density at radius 2 is 1.43 bits per heavy atom. The number of guanidine groups is 1. The molecule has 0 saturated carbocycles. The number of aliphatic carboxylic acids is 1. The van der Waals surface area contributed by atoms with Crippen molar-refractivity contribution in [2.75, 3.05) is 6.54 Å². The standard InChI is InChI=1S/C18H35N7O5/c1-5-9(2)13(19)16(28)24-10(3)14(26)23-11(4)15(27)25-12(17(29)30)7-6-8-22-18(20)21/h9-13H,5-8,19H2,1-4H3,(H,23,26)(H,24,28)(H,25,27)(H,29,30)(H4,20,21,22). The lowest BCUT2D eigenvalue weighted by Gasteiger charge is -2.23. The molecule has 0 spiro atoms. The Morgan fingerprint density at radius 3 is 1.90 bits per heavy atom. The van der Waals surface area contributed by atoms with E-state index in [1.807, 2.05) is 13.8 Å². The van der Waals surface area contributed by atoms with Crippen molar-refractivity contribution < 1.29 is 24.3 Å². The molecule has 0 aromatic carbocycles. The van der Waals surface area contributed by atoms with Crippen LogP contribution in [0, 0.1) is 5.92 Å². The second-order valence-electron chi connectivity index (χ2n) is 7.22. The molecule has 5 unspecified atom stereocenters. The molecule has 0 saturated heterocycles. The van der Waals surface area contributed by atoms with Crippen molar-refractivity contribution in [1.82, 2.24) is 16.0 Å². The molecule has 0 aromatic heterocycles. The average Bonchev–Trinajstić information content (AvgIpc) is 2.67. The Hall–Kier alpha value is -2.89. The Bertz CT molecular complexity index is 636. The van der Waals surface area contributed by atoms with E-state index in [2.05, 4.69) is 20.9 Å². The Kier molecular flexibility index (Phi) is 12.1. The molecule has 12 heteroatoms. The van der Waals surface area contributed by atoms with Crippen LogP contribution in [0.3, 0.4) is 0 Å². The van der Waals surface area contributed by atoms with Gasteiger partial charge >= 0.3 is 5.97 Å². The molecule has 30 heavy (non-hydrogen) atoms. The minimum atomic E-state index is -1.22. The van der Waals surface area contributed by atoms with Gasteiger partial charge in [0, 0.05) is 6.54 Å². The predicted octanol–water partition coefficient (Wildman–Crippen LogP) is -2.01. The molecule has 172 valence electrons. The van der Waals surface area contributed by atoms with Gasteiger partial charge in [0.1, 0.15) is 18.1 Å². The van der Waals surface area contributed by atoms with Crippen molar-refractivity contribution in [2.45, 2.75) is 71.1 Å². The van der Waals surface area contributed by atoms with E-state index in [0.717, 1.165) is 0 Å². The zero-order valence-corrected chi connectivity index (χ0v) is 18.0. The Labute approximate surface area is 176 Å². The number of rotatable bonds is 13. The largest absolute Gasteiger partial charge is 0.480 e. The predicted molar refractivity (Wildman–Crippen MR) is 112 cm³/mol. The van der Waals surface area contributed by atoms with Gasteiger partial charge in [-0.25, -0.2) is 4.79 Å². The summed E-state index contributed by atoms with van der Waals surface area (Å²) in [6.45, 7) is 6.83. The number of aliphatic imine (C=N–C) groups is 1. The van der Waals surface area contributed by atoms with Crippen LogP contribution in [0.15, 0.2) is 4.99 Å². The number of nitrogens with zero attached hydrogens (tertiary/aromatic N) is 1. The van der Waals surface area contributed by atoms with E-state index >= 15 is 0 Å². The number of hydrogen-bond acceptors (Lipinski definition) is 6. The third-order valence-electron chi connectivity index (χ3n) is 4.62. The highest BCUT2D eigenvalue weighted by atomic mass is 16.4. The molecule has 0 radical (unpaired) electrons. The van der Waals surface area contributed by atoms with E-state index in [0.29, 0.717) is 12.8 Å². The number of hydrogen-bond donors (Lipinski definition) is 7. The molecule has 10 N–H and O–H groups in total. The first-order valence-corrected chi connectivity index (χ1v) is 9.85. The molecule has 3 amide bonds.